The van der Waals surface area contributed by atoms with Gasteiger partial charge >= 0.3 is 5.97 Å². The van der Waals surface area contributed by atoms with Gasteiger partial charge < -0.3 is 9.84 Å². The molecule has 2 rings (SSSR count). The molecule has 0 atom stereocenters. The van der Waals surface area contributed by atoms with E-state index in [9.17, 15) is 4.79 Å². The zero-order valence-corrected chi connectivity index (χ0v) is 10.8. The van der Waals surface area contributed by atoms with Gasteiger partial charge in [-0.05, 0) is 28.1 Å². The topological polar surface area (TPSA) is 72.3 Å². The standard InChI is InChI=1S/C12H9BrN2O3/c13-9-3-1-2-4-10(9)18-8-6-14-11(15-7-8)5-12(16)17/h1-4,6-7H,5H2,(H,16,17). The molecule has 0 fully saturated rings. The third-order valence-corrected chi connectivity index (χ3v) is 2.71. The molecule has 1 N–H and O–H groups in total. The molecule has 0 aliphatic heterocycles. The maximum absolute atomic E-state index is 10.5. The summed E-state index contributed by atoms with van der Waals surface area (Å²) in [6, 6.07) is 7.38. The van der Waals surface area contributed by atoms with Crippen molar-refractivity contribution in [2.75, 3.05) is 0 Å². The van der Waals surface area contributed by atoms with E-state index in [1.165, 1.54) is 12.4 Å². The van der Waals surface area contributed by atoms with Crippen molar-refractivity contribution in [1.29, 1.82) is 0 Å². The highest BCUT2D eigenvalue weighted by molar-refractivity contribution is 9.10. The molecule has 6 heteroatoms. The molecule has 0 saturated heterocycles. The van der Waals surface area contributed by atoms with Crippen LogP contribution in [0.3, 0.4) is 0 Å². The maximum Gasteiger partial charge on any atom is 0.311 e. The number of halogens is 1. The minimum Gasteiger partial charge on any atom is -0.481 e. The average molecular weight is 309 g/mol. The van der Waals surface area contributed by atoms with Crippen LogP contribution < -0.4 is 4.74 Å². The molecule has 1 aromatic carbocycles. The van der Waals surface area contributed by atoms with Crippen LogP contribution in [0, 0.1) is 0 Å². The predicted octanol–water partition coefficient (Wildman–Crippen LogP) is 2.66. The van der Waals surface area contributed by atoms with E-state index in [1.54, 1.807) is 6.07 Å². The molecule has 1 aromatic heterocycles. The van der Waals surface area contributed by atoms with Crippen molar-refractivity contribution in [2.24, 2.45) is 0 Å². The first kappa shape index (κ1) is 12.5. The van der Waals surface area contributed by atoms with E-state index in [4.69, 9.17) is 9.84 Å². The molecule has 0 aliphatic rings. The molecular weight excluding hydrogens is 300 g/mol. The van der Waals surface area contributed by atoms with E-state index in [-0.39, 0.29) is 12.2 Å². The van der Waals surface area contributed by atoms with Gasteiger partial charge in [0.05, 0.1) is 16.9 Å². The third kappa shape index (κ3) is 3.27. The van der Waals surface area contributed by atoms with Crippen molar-refractivity contribution in [1.82, 2.24) is 9.97 Å². The Morgan fingerprint density at radius 2 is 1.94 bits per heavy atom. The molecule has 2 aromatic rings. The summed E-state index contributed by atoms with van der Waals surface area (Å²) >= 11 is 3.36. The Morgan fingerprint density at radius 3 is 2.56 bits per heavy atom. The number of carbonyl (C=O) groups is 1. The number of benzene rings is 1. The Labute approximate surface area is 112 Å². The van der Waals surface area contributed by atoms with Crippen LogP contribution >= 0.6 is 15.9 Å². The third-order valence-electron chi connectivity index (χ3n) is 2.06. The van der Waals surface area contributed by atoms with Crippen LogP contribution in [-0.2, 0) is 11.2 Å². The summed E-state index contributed by atoms with van der Waals surface area (Å²) in [7, 11) is 0. The molecule has 1 heterocycles. The number of carboxylic acids is 1. The smallest absolute Gasteiger partial charge is 0.311 e. The Morgan fingerprint density at radius 1 is 1.28 bits per heavy atom. The van der Waals surface area contributed by atoms with Crippen LogP contribution in [0.5, 0.6) is 11.5 Å². The lowest BCUT2D eigenvalue weighted by molar-refractivity contribution is -0.136. The number of aliphatic carboxylic acids is 1. The van der Waals surface area contributed by atoms with Crippen LogP contribution in [0.4, 0.5) is 0 Å². The van der Waals surface area contributed by atoms with Crippen molar-refractivity contribution in [3.05, 3.63) is 47.0 Å². The SMILES string of the molecule is O=C(O)Cc1ncc(Oc2ccccc2Br)cn1. The summed E-state index contributed by atoms with van der Waals surface area (Å²) < 4.78 is 6.37. The van der Waals surface area contributed by atoms with Gasteiger partial charge in [-0.2, -0.15) is 0 Å². The molecule has 0 radical (unpaired) electrons. The fraction of sp³-hybridized carbons (Fsp3) is 0.0833. The monoisotopic (exact) mass is 308 g/mol. The summed E-state index contributed by atoms with van der Waals surface area (Å²) in [6.07, 6.45) is 2.70. The summed E-state index contributed by atoms with van der Waals surface area (Å²) in [5, 5.41) is 8.59. The number of carboxylic acid groups (broad SMARTS) is 1. The molecule has 0 bridgehead atoms. The number of para-hydroxylation sites is 1. The second-order valence-electron chi connectivity index (χ2n) is 3.44. The van der Waals surface area contributed by atoms with E-state index in [0.717, 1.165) is 4.47 Å². The summed E-state index contributed by atoms with van der Waals surface area (Å²) in [5.74, 6) is 0.388. The van der Waals surface area contributed by atoms with E-state index in [0.29, 0.717) is 11.5 Å². The second-order valence-corrected chi connectivity index (χ2v) is 4.29. The normalized spacial score (nSPS) is 10.1. The molecule has 0 spiro atoms. The van der Waals surface area contributed by atoms with Gasteiger partial charge in [-0.25, -0.2) is 9.97 Å². The van der Waals surface area contributed by atoms with Crippen molar-refractivity contribution in [2.45, 2.75) is 6.42 Å². The van der Waals surface area contributed by atoms with Crippen molar-refractivity contribution >= 4 is 21.9 Å². The van der Waals surface area contributed by atoms with Gasteiger partial charge in [-0.15, -0.1) is 0 Å². The molecule has 0 aliphatic carbocycles. The molecule has 5 nitrogen and oxygen atoms in total. The Bertz CT molecular complexity index is 558. The zero-order chi connectivity index (χ0) is 13.0. The zero-order valence-electron chi connectivity index (χ0n) is 9.21. The molecule has 0 unspecified atom stereocenters. The van der Waals surface area contributed by atoms with Crippen molar-refractivity contribution < 1.29 is 14.6 Å². The first-order valence-corrected chi connectivity index (χ1v) is 5.89. The van der Waals surface area contributed by atoms with Crippen LogP contribution in [0.25, 0.3) is 0 Å². The molecule has 0 saturated carbocycles. The van der Waals surface area contributed by atoms with Gasteiger partial charge in [0.25, 0.3) is 0 Å². The van der Waals surface area contributed by atoms with Gasteiger partial charge in [-0.1, -0.05) is 12.1 Å². The highest BCUT2D eigenvalue weighted by Crippen LogP contribution is 2.28. The highest BCUT2D eigenvalue weighted by Gasteiger charge is 2.05. The van der Waals surface area contributed by atoms with Gasteiger partial charge in [0.1, 0.15) is 18.0 Å². The number of nitrogens with zero attached hydrogens (tertiary/aromatic N) is 2. The van der Waals surface area contributed by atoms with E-state index in [1.807, 2.05) is 18.2 Å². The van der Waals surface area contributed by atoms with E-state index < -0.39 is 5.97 Å². The summed E-state index contributed by atoms with van der Waals surface area (Å²) in [6.45, 7) is 0. The number of aromatic nitrogens is 2. The van der Waals surface area contributed by atoms with Gasteiger partial charge in [0.15, 0.2) is 5.75 Å². The summed E-state index contributed by atoms with van der Waals surface area (Å²) in [4.78, 5) is 18.3. The largest absolute Gasteiger partial charge is 0.481 e. The minimum atomic E-state index is -0.963. The Hall–Kier alpha value is -1.95. The van der Waals surface area contributed by atoms with Crippen LogP contribution in [0.2, 0.25) is 0 Å². The van der Waals surface area contributed by atoms with E-state index in [2.05, 4.69) is 25.9 Å². The first-order valence-electron chi connectivity index (χ1n) is 5.10. The number of hydrogen-bond acceptors (Lipinski definition) is 4. The predicted molar refractivity (Wildman–Crippen MR) is 67.6 cm³/mol. The van der Waals surface area contributed by atoms with Crippen molar-refractivity contribution in [3.8, 4) is 11.5 Å². The highest BCUT2D eigenvalue weighted by atomic mass is 79.9. The van der Waals surface area contributed by atoms with Gasteiger partial charge in [0.2, 0.25) is 0 Å². The number of ether oxygens (including phenoxy) is 1. The van der Waals surface area contributed by atoms with Crippen LogP contribution in [-0.4, -0.2) is 21.0 Å². The fourth-order valence-corrected chi connectivity index (χ4v) is 1.64. The number of hydrogen-bond donors (Lipinski definition) is 1. The van der Waals surface area contributed by atoms with Crippen molar-refractivity contribution in [3.63, 3.8) is 0 Å². The molecule has 92 valence electrons. The van der Waals surface area contributed by atoms with Crippen LogP contribution in [0.15, 0.2) is 41.1 Å². The first-order chi connectivity index (χ1) is 8.65. The quantitative estimate of drug-likeness (QED) is 0.940. The van der Waals surface area contributed by atoms with Gasteiger partial charge in [-0.3, -0.25) is 4.79 Å². The van der Waals surface area contributed by atoms with E-state index >= 15 is 0 Å². The van der Waals surface area contributed by atoms with Crippen LogP contribution in [0.1, 0.15) is 5.82 Å². The lowest BCUT2D eigenvalue weighted by Crippen LogP contribution is -2.04. The molecular formula is C12H9BrN2O3. The Kier molecular flexibility index (Phi) is 3.88. The molecule has 18 heavy (non-hydrogen) atoms. The average Bonchev–Trinajstić information content (AvgIpc) is 2.34. The summed E-state index contributed by atoms with van der Waals surface area (Å²) in [5.41, 5.74) is 0. The minimum absolute atomic E-state index is 0.199. The lowest BCUT2D eigenvalue weighted by Gasteiger charge is -2.06. The number of rotatable bonds is 4. The maximum atomic E-state index is 10.5. The fourth-order valence-electron chi connectivity index (χ4n) is 1.28. The molecule has 0 amide bonds. The second kappa shape index (κ2) is 5.59. The Balaban J connectivity index is 2.11. The lowest BCUT2D eigenvalue weighted by atomic mass is 10.3. The van der Waals surface area contributed by atoms with Gasteiger partial charge in [0, 0.05) is 0 Å².